The summed E-state index contributed by atoms with van der Waals surface area (Å²) in [5.74, 6) is 2.55. The molecule has 2 amide bonds. The zero-order valence-corrected chi connectivity index (χ0v) is 38.6. The molecule has 2 fully saturated rings. The second-order valence-electron chi connectivity index (χ2n) is 17.0. The molecule has 4 atom stereocenters. The average Bonchev–Trinajstić information content (AvgIpc) is 4.06. The highest BCUT2D eigenvalue weighted by atomic mass is 16.5. The predicted molar refractivity (Wildman–Crippen MR) is 254 cm³/mol. The van der Waals surface area contributed by atoms with Gasteiger partial charge in [-0.15, -0.1) is 0 Å². The molecule has 6 N–H and O–H groups in total. The Labute approximate surface area is 393 Å². The van der Waals surface area contributed by atoms with E-state index in [1.54, 1.807) is 50.9 Å². The average molecular weight is 917 g/mol. The molecular weight excluding hydrogens is 853 g/mol. The van der Waals surface area contributed by atoms with Crippen LogP contribution in [0.1, 0.15) is 81.5 Å². The maximum absolute atomic E-state index is 12.9. The molecule has 17 heteroatoms. The summed E-state index contributed by atoms with van der Waals surface area (Å²) in [4.78, 5) is 39.1. The van der Waals surface area contributed by atoms with Gasteiger partial charge in [0, 0.05) is 78.7 Å². The number of fused-ring (bicyclic) bond motifs is 2. The van der Waals surface area contributed by atoms with Crippen molar-refractivity contribution in [2.75, 3.05) is 90.4 Å². The molecule has 356 valence electrons. The number of methoxy groups -OCH3 is 2. The van der Waals surface area contributed by atoms with Crippen LogP contribution in [0.3, 0.4) is 0 Å². The lowest BCUT2D eigenvalue weighted by Crippen LogP contribution is -2.54. The third-order valence-electron chi connectivity index (χ3n) is 12.7. The molecule has 4 aliphatic rings. The van der Waals surface area contributed by atoms with Crippen molar-refractivity contribution in [2.24, 2.45) is 0 Å². The number of carbonyl (C=O) groups excluding carboxylic acids is 2. The van der Waals surface area contributed by atoms with E-state index in [0.717, 1.165) is 126 Å². The summed E-state index contributed by atoms with van der Waals surface area (Å²) in [6.45, 7) is 8.16. The summed E-state index contributed by atoms with van der Waals surface area (Å²) in [7, 11) is 3.42. The molecule has 6 heterocycles. The van der Waals surface area contributed by atoms with Gasteiger partial charge in [0.25, 0.3) is 11.8 Å². The van der Waals surface area contributed by atoms with Gasteiger partial charge in [-0.3, -0.25) is 9.59 Å². The van der Waals surface area contributed by atoms with Crippen molar-refractivity contribution >= 4 is 23.5 Å². The molecule has 4 aliphatic heterocycles. The minimum absolute atomic E-state index is 0. The second-order valence-corrected chi connectivity index (χ2v) is 17.0. The first-order valence-electron chi connectivity index (χ1n) is 23.2. The van der Waals surface area contributed by atoms with E-state index in [2.05, 4.69) is 53.2 Å². The Morgan fingerprint density at radius 2 is 1.12 bits per heavy atom. The van der Waals surface area contributed by atoms with Gasteiger partial charge in [0.1, 0.15) is 35.3 Å². The molecule has 4 aromatic rings. The lowest BCUT2D eigenvalue weighted by atomic mass is 10.00. The van der Waals surface area contributed by atoms with Crippen LogP contribution in [0.15, 0.2) is 73.1 Å². The van der Waals surface area contributed by atoms with Crippen LogP contribution in [0.4, 0.5) is 11.6 Å². The summed E-state index contributed by atoms with van der Waals surface area (Å²) in [5, 5.41) is 31.1. The number of carbonyl (C=O) groups is 2. The zero-order valence-electron chi connectivity index (χ0n) is 38.6. The minimum Gasteiger partial charge on any atom is -0.492 e. The summed E-state index contributed by atoms with van der Waals surface area (Å²) in [6.07, 6.45) is 10.7. The largest absolute Gasteiger partial charge is 0.492 e. The number of nitriles is 2. The van der Waals surface area contributed by atoms with Gasteiger partial charge in [-0.05, 0) is 99.1 Å². The monoisotopic (exact) mass is 916 g/mol. The van der Waals surface area contributed by atoms with Crippen molar-refractivity contribution in [3.8, 4) is 23.6 Å². The van der Waals surface area contributed by atoms with Gasteiger partial charge in [0.2, 0.25) is 0 Å². The van der Waals surface area contributed by atoms with Crippen LogP contribution in [-0.4, -0.2) is 141 Å². The zero-order chi connectivity index (χ0) is 46.1. The molecule has 0 radical (unpaired) electrons. The van der Waals surface area contributed by atoms with Gasteiger partial charge in [-0.1, -0.05) is 24.3 Å². The molecular formula is C50H64N10O7. The fourth-order valence-electron chi connectivity index (χ4n) is 9.06. The highest BCUT2D eigenvalue weighted by molar-refractivity contribution is 5.98. The van der Waals surface area contributed by atoms with Gasteiger partial charge in [-0.2, -0.15) is 10.5 Å². The Bertz CT molecular complexity index is 2180. The SMILES string of the molecule is COC1CN(CCCCNc2ncccc2C#N)CCC1NC(=O)c1cccc2c1OCC2.COC1CN(CCCCNc2ncccc2C#N)CCC1NC(=O)c1cccc2c1OCC2.O. The topological polar surface area (TPSA) is 231 Å². The molecule has 17 nitrogen and oxygen atoms in total. The number of hydrogen-bond acceptors (Lipinski definition) is 14. The van der Waals surface area contributed by atoms with Gasteiger partial charge in [0.05, 0.1) is 59.8 Å². The van der Waals surface area contributed by atoms with Gasteiger partial charge in [-0.25, -0.2) is 9.97 Å². The van der Waals surface area contributed by atoms with Crippen LogP contribution >= 0.6 is 0 Å². The Balaban J connectivity index is 0.000000218. The summed E-state index contributed by atoms with van der Waals surface area (Å²) in [5.41, 5.74) is 4.56. The number of hydrogen-bond donors (Lipinski definition) is 4. The molecule has 0 saturated carbocycles. The minimum atomic E-state index is -0.0911. The number of nitrogens with one attached hydrogen (secondary N) is 4. The van der Waals surface area contributed by atoms with Crippen LogP contribution < -0.4 is 30.7 Å². The van der Waals surface area contributed by atoms with E-state index in [-0.39, 0.29) is 41.6 Å². The first-order chi connectivity index (χ1) is 32.4. The van der Waals surface area contributed by atoms with Crippen LogP contribution in [0.25, 0.3) is 0 Å². The van der Waals surface area contributed by atoms with Crippen LogP contribution in [0, 0.1) is 22.7 Å². The van der Waals surface area contributed by atoms with E-state index in [1.165, 1.54) is 0 Å². The first kappa shape index (κ1) is 50.1. The van der Waals surface area contributed by atoms with Crippen molar-refractivity contribution in [3.63, 3.8) is 0 Å². The van der Waals surface area contributed by atoms with E-state index < -0.39 is 0 Å². The fraction of sp³-hybridized carbons (Fsp3) is 0.480. The van der Waals surface area contributed by atoms with E-state index in [0.29, 0.717) is 47.1 Å². The van der Waals surface area contributed by atoms with Crippen LogP contribution in [-0.2, 0) is 22.3 Å². The third kappa shape index (κ3) is 13.4. The quantitative estimate of drug-likeness (QED) is 0.102. The number of piperidine rings is 2. The van der Waals surface area contributed by atoms with Gasteiger partial charge < -0.3 is 55.5 Å². The van der Waals surface area contributed by atoms with E-state index >= 15 is 0 Å². The van der Waals surface area contributed by atoms with Gasteiger partial charge in [0.15, 0.2) is 0 Å². The number of nitrogens with zero attached hydrogens (tertiary/aromatic N) is 6. The number of rotatable bonds is 18. The molecule has 2 aromatic carbocycles. The lowest BCUT2D eigenvalue weighted by molar-refractivity contribution is 0.00606. The number of likely N-dealkylation sites (tertiary alicyclic amines) is 2. The normalized spacial score (nSPS) is 19.6. The number of benzene rings is 2. The van der Waals surface area contributed by atoms with E-state index in [1.807, 2.05) is 36.4 Å². The predicted octanol–water partition coefficient (Wildman–Crippen LogP) is 4.37. The third-order valence-corrected chi connectivity index (χ3v) is 12.7. The Morgan fingerprint density at radius 1 is 0.672 bits per heavy atom. The maximum atomic E-state index is 12.9. The Hall–Kier alpha value is -6.34. The van der Waals surface area contributed by atoms with E-state index in [9.17, 15) is 9.59 Å². The smallest absolute Gasteiger partial charge is 0.255 e. The molecule has 0 aliphatic carbocycles. The van der Waals surface area contributed by atoms with E-state index in [4.69, 9.17) is 29.5 Å². The first-order valence-corrected chi connectivity index (χ1v) is 23.2. The van der Waals surface area contributed by atoms with Crippen molar-refractivity contribution in [1.82, 2.24) is 30.4 Å². The Kier molecular flexibility index (Phi) is 19.1. The number of para-hydroxylation sites is 2. The molecule has 67 heavy (non-hydrogen) atoms. The maximum Gasteiger partial charge on any atom is 0.255 e. The standard InChI is InChI=1S/2C25H31N5O3.H2O/c2*1-32-22-17-30(13-3-2-11-27-24-19(16-26)7-5-12-28-24)14-9-21(22)29-25(31)20-8-4-6-18-10-15-33-23(18)20;/h2*4-8,12,21-22H,2-3,9-11,13-15,17H2,1H3,(H,27,28)(H,29,31);1H2. The number of amides is 2. The van der Waals surface area contributed by atoms with Crippen molar-refractivity contribution in [1.29, 1.82) is 10.5 Å². The number of pyridine rings is 2. The Morgan fingerprint density at radius 3 is 1.54 bits per heavy atom. The lowest BCUT2D eigenvalue weighted by Gasteiger charge is -2.38. The van der Waals surface area contributed by atoms with Crippen molar-refractivity contribution in [2.45, 2.75) is 75.7 Å². The summed E-state index contributed by atoms with van der Waals surface area (Å²) < 4.78 is 22.9. The highest BCUT2D eigenvalue weighted by Gasteiger charge is 2.33. The fourth-order valence-corrected chi connectivity index (χ4v) is 9.06. The molecule has 4 unspecified atom stereocenters. The molecule has 8 rings (SSSR count). The molecule has 0 bridgehead atoms. The summed E-state index contributed by atoms with van der Waals surface area (Å²) in [6, 6.07) is 22.9. The summed E-state index contributed by atoms with van der Waals surface area (Å²) >= 11 is 0. The van der Waals surface area contributed by atoms with Crippen molar-refractivity contribution in [3.05, 3.63) is 106 Å². The molecule has 0 spiro atoms. The number of aromatic nitrogens is 2. The molecule has 2 saturated heterocycles. The van der Waals surface area contributed by atoms with Gasteiger partial charge >= 0.3 is 0 Å². The second kappa shape index (κ2) is 25.5. The van der Waals surface area contributed by atoms with Crippen molar-refractivity contribution < 1.29 is 34.0 Å². The molecule has 2 aromatic heterocycles. The number of anilines is 2. The number of ether oxygens (including phenoxy) is 4. The number of unbranched alkanes of at least 4 members (excludes halogenated alkanes) is 2. The van der Waals surface area contributed by atoms with Crippen LogP contribution in [0.5, 0.6) is 11.5 Å². The van der Waals surface area contributed by atoms with Crippen LogP contribution in [0.2, 0.25) is 0 Å². The highest BCUT2D eigenvalue weighted by Crippen LogP contribution is 2.31.